The molecule has 3 aromatic rings. The van der Waals surface area contributed by atoms with Gasteiger partial charge < -0.3 is 15.0 Å². The highest BCUT2D eigenvalue weighted by atomic mass is 127. The fourth-order valence-electron chi connectivity index (χ4n) is 2.61. The quantitative estimate of drug-likeness (QED) is 0.305. The molecule has 8 heteroatoms. The summed E-state index contributed by atoms with van der Waals surface area (Å²) in [6.45, 7) is 10.5. The first-order valence-electron chi connectivity index (χ1n) is 8.97. The maximum atomic E-state index is 4.66. The van der Waals surface area contributed by atoms with E-state index in [1.807, 2.05) is 18.3 Å². The van der Waals surface area contributed by atoms with Crippen LogP contribution in [0.15, 0.2) is 34.8 Å². The van der Waals surface area contributed by atoms with Crippen LogP contribution in [0.2, 0.25) is 0 Å². The molecule has 0 radical (unpaired) electrons. The monoisotopic (exact) mass is 498 g/mol. The van der Waals surface area contributed by atoms with E-state index in [0.29, 0.717) is 19.0 Å². The van der Waals surface area contributed by atoms with Gasteiger partial charge in [0, 0.05) is 23.8 Å². The normalized spacial score (nSPS) is 11.7. The van der Waals surface area contributed by atoms with E-state index in [1.165, 1.54) is 5.69 Å². The predicted molar refractivity (Wildman–Crippen MR) is 123 cm³/mol. The Hall–Kier alpha value is -1.68. The summed E-state index contributed by atoms with van der Waals surface area (Å²) in [5, 5.41) is 9.84. The van der Waals surface area contributed by atoms with Crippen LogP contribution in [0.4, 0.5) is 0 Å². The molecule has 0 aromatic carbocycles. The van der Waals surface area contributed by atoms with Gasteiger partial charge in [0.15, 0.2) is 5.96 Å². The molecule has 0 saturated heterocycles. The summed E-state index contributed by atoms with van der Waals surface area (Å²) in [4.78, 5) is 14.0. The molecule has 0 saturated carbocycles. The smallest absolute Gasteiger partial charge is 0.191 e. The lowest BCUT2D eigenvalue weighted by Gasteiger charge is -2.09. The largest absolute Gasteiger partial charge is 0.357 e. The molecule has 0 unspecified atom stereocenters. The number of halogens is 1. The van der Waals surface area contributed by atoms with Gasteiger partial charge in [0.25, 0.3) is 0 Å². The number of rotatable bonds is 6. The zero-order valence-electron chi connectivity index (χ0n) is 16.2. The molecule has 146 valence electrons. The molecule has 6 nitrogen and oxygen atoms in total. The van der Waals surface area contributed by atoms with Gasteiger partial charge in [-0.1, -0.05) is 19.9 Å². The van der Waals surface area contributed by atoms with Gasteiger partial charge in [-0.3, -0.25) is 0 Å². The molecule has 3 heterocycles. The van der Waals surface area contributed by atoms with E-state index in [0.717, 1.165) is 34.5 Å². The third-order valence-electron chi connectivity index (χ3n) is 4.06. The van der Waals surface area contributed by atoms with E-state index in [2.05, 4.69) is 69.1 Å². The van der Waals surface area contributed by atoms with Crippen molar-refractivity contribution < 1.29 is 0 Å². The molecule has 0 atom stereocenters. The molecular formula is C19H27IN6S. The average molecular weight is 498 g/mol. The van der Waals surface area contributed by atoms with Crippen molar-refractivity contribution in [3.05, 3.63) is 51.9 Å². The first-order valence-corrected chi connectivity index (χ1v) is 9.85. The Morgan fingerprint density at radius 3 is 2.74 bits per heavy atom. The standard InChI is InChI=1S/C19H26N6S.HI/c1-5-20-19(22-10-18-24-16(12-26-18)13(2)3)21-9-15-11-25-14(4)7-6-8-17(25)23-15;/h6-8,11-13H,5,9-10H2,1-4H3,(H2,20,21,22);1H. The zero-order chi connectivity index (χ0) is 18.5. The van der Waals surface area contributed by atoms with E-state index in [1.54, 1.807) is 11.3 Å². The number of guanidine groups is 1. The lowest BCUT2D eigenvalue weighted by molar-refractivity contribution is 0.787. The molecule has 0 aliphatic rings. The number of hydrogen-bond acceptors (Lipinski definition) is 4. The van der Waals surface area contributed by atoms with Gasteiger partial charge in [-0.25, -0.2) is 15.0 Å². The summed E-state index contributed by atoms with van der Waals surface area (Å²) in [5.74, 6) is 1.24. The van der Waals surface area contributed by atoms with Gasteiger partial charge in [-0.15, -0.1) is 35.3 Å². The highest BCUT2D eigenvalue weighted by Crippen LogP contribution is 2.17. The van der Waals surface area contributed by atoms with Crippen LogP contribution in [0.3, 0.4) is 0 Å². The van der Waals surface area contributed by atoms with Gasteiger partial charge in [-0.2, -0.15) is 0 Å². The number of aliphatic imine (C=N–C) groups is 1. The molecular weight excluding hydrogens is 471 g/mol. The second-order valence-corrected chi connectivity index (χ2v) is 7.44. The topological polar surface area (TPSA) is 66.6 Å². The van der Waals surface area contributed by atoms with Crippen LogP contribution in [-0.4, -0.2) is 26.9 Å². The fourth-order valence-corrected chi connectivity index (χ4v) is 3.50. The van der Waals surface area contributed by atoms with Gasteiger partial charge >= 0.3 is 0 Å². The van der Waals surface area contributed by atoms with Crippen LogP contribution < -0.4 is 10.6 Å². The van der Waals surface area contributed by atoms with Crippen molar-refractivity contribution in [2.45, 2.75) is 46.7 Å². The number of thiazole rings is 1. The molecule has 2 N–H and O–H groups in total. The van der Waals surface area contributed by atoms with Crippen LogP contribution in [0, 0.1) is 6.92 Å². The van der Waals surface area contributed by atoms with Crippen molar-refractivity contribution in [3.8, 4) is 0 Å². The van der Waals surface area contributed by atoms with Crippen molar-refractivity contribution >= 4 is 46.9 Å². The van der Waals surface area contributed by atoms with E-state index < -0.39 is 0 Å². The summed E-state index contributed by atoms with van der Waals surface area (Å²) in [6.07, 6.45) is 2.05. The maximum absolute atomic E-state index is 4.66. The van der Waals surface area contributed by atoms with Crippen LogP contribution >= 0.6 is 35.3 Å². The van der Waals surface area contributed by atoms with Crippen molar-refractivity contribution in [2.75, 3.05) is 6.54 Å². The second-order valence-electron chi connectivity index (χ2n) is 6.50. The number of nitrogens with one attached hydrogen (secondary N) is 2. The Balaban J connectivity index is 0.00000261. The summed E-state index contributed by atoms with van der Waals surface area (Å²) in [7, 11) is 0. The first kappa shape index (κ1) is 21.6. The van der Waals surface area contributed by atoms with Crippen LogP contribution in [0.5, 0.6) is 0 Å². The Morgan fingerprint density at radius 2 is 2.07 bits per heavy atom. The molecule has 0 amide bonds. The third kappa shape index (κ3) is 5.65. The van der Waals surface area contributed by atoms with E-state index in [9.17, 15) is 0 Å². The Labute approximate surface area is 181 Å². The van der Waals surface area contributed by atoms with Gasteiger partial charge in [0.2, 0.25) is 0 Å². The van der Waals surface area contributed by atoms with Crippen LogP contribution in [-0.2, 0) is 13.1 Å². The summed E-state index contributed by atoms with van der Waals surface area (Å²) < 4.78 is 2.09. The lowest BCUT2D eigenvalue weighted by atomic mass is 10.2. The minimum Gasteiger partial charge on any atom is -0.357 e. The fraction of sp³-hybridized carbons (Fsp3) is 0.421. The SMILES string of the molecule is CCNC(=NCc1cn2c(C)cccc2n1)NCc1nc(C(C)C)cs1.I. The Morgan fingerprint density at radius 1 is 1.26 bits per heavy atom. The minimum atomic E-state index is 0. The van der Waals surface area contributed by atoms with Crippen molar-refractivity contribution in [1.29, 1.82) is 0 Å². The van der Waals surface area contributed by atoms with E-state index in [4.69, 9.17) is 0 Å². The van der Waals surface area contributed by atoms with Gasteiger partial charge in [-0.05, 0) is 31.9 Å². The van der Waals surface area contributed by atoms with E-state index in [-0.39, 0.29) is 24.0 Å². The number of aromatic nitrogens is 3. The number of fused-ring (bicyclic) bond motifs is 1. The molecule has 0 aliphatic carbocycles. The summed E-state index contributed by atoms with van der Waals surface area (Å²) in [6, 6.07) is 6.11. The Kier molecular flexibility index (Phi) is 8.03. The molecule has 0 spiro atoms. The number of hydrogen-bond donors (Lipinski definition) is 2. The number of imidazole rings is 1. The first-order chi connectivity index (χ1) is 12.6. The van der Waals surface area contributed by atoms with Gasteiger partial charge in [0.1, 0.15) is 10.7 Å². The molecule has 0 bridgehead atoms. The molecule has 3 rings (SSSR count). The van der Waals surface area contributed by atoms with Crippen molar-refractivity contribution in [2.24, 2.45) is 4.99 Å². The van der Waals surface area contributed by atoms with Crippen molar-refractivity contribution in [1.82, 2.24) is 25.0 Å². The minimum absolute atomic E-state index is 0. The van der Waals surface area contributed by atoms with E-state index >= 15 is 0 Å². The van der Waals surface area contributed by atoms with Crippen LogP contribution in [0.1, 0.15) is 48.8 Å². The average Bonchev–Trinajstić information content (AvgIpc) is 3.25. The number of pyridine rings is 1. The highest BCUT2D eigenvalue weighted by molar-refractivity contribution is 14.0. The number of aryl methyl sites for hydroxylation is 1. The highest BCUT2D eigenvalue weighted by Gasteiger charge is 2.07. The molecule has 0 fully saturated rings. The lowest BCUT2D eigenvalue weighted by Crippen LogP contribution is -2.36. The molecule has 3 aromatic heterocycles. The molecule has 0 aliphatic heterocycles. The third-order valence-corrected chi connectivity index (χ3v) is 4.92. The summed E-state index contributed by atoms with van der Waals surface area (Å²) >= 11 is 1.68. The van der Waals surface area contributed by atoms with Crippen molar-refractivity contribution in [3.63, 3.8) is 0 Å². The van der Waals surface area contributed by atoms with Crippen LogP contribution in [0.25, 0.3) is 5.65 Å². The summed E-state index contributed by atoms with van der Waals surface area (Å²) in [5.41, 5.74) is 4.22. The number of nitrogens with zero attached hydrogens (tertiary/aromatic N) is 4. The van der Waals surface area contributed by atoms with Gasteiger partial charge in [0.05, 0.1) is 24.5 Å². The maximum Gasteiger partial charge on any atom is 0.191 e. The Bertz CT molecular complexity index is 899. The zero-order valence-corrected chi connectivity index (χ0v) is 19.3. The second kappa shape index (κ2) is 10.0. The molecule has 27 heavy (non-hydrogen) atoms. The predicted octanol–water partition coefficient (Wildman–Crippen LogP) is 4.10.